The Morgan fingerprint density at radius 3 is 2.89 bits per heavy atom. The van der Waals surface area contributed by atoms with Gasteiger partial charge in [-0.25, -0.2) is 9.97 Å². The van der Waals surface area contributed by atoms with Gasteiger partial charge in [-0.1, -0.05) is 11.6 Å². The number of carbonyl (C=O) groups is 1. The second kappa shape index (κ2) is 4.57. The number of carbonyl (C=O) groups excluding carboxylic acids is 1. The van der Waals surface area contributed by atoms with Crippen LogP contribution in [0.5, 0.6) is 0 Å². The molecule has 94 valence electrons. The van der Waals surface area contributed by atoms with Gasteiger partial charge >= 0.3 is 0 Å². The Balaban J connectivity index is 1.86. The summed E-state index contributed by atoms with van der Waals surface area (Å²) in [5.41, 5.74) is 1.50. The number of amides is 1. The van der Waals surface area contributed by atoms with Crippen molar-refractivity contribution in [1.29, 1.82) is 0 Å². The van der Waals surface area contributed by atoms with Crippen molar-refractivity contribution >= 4 is 28.5 Å². The van der Waals surface area contributed by atoms with Crippen LogP contribution in [-0.4, -0.2) is 38.4 Å². The van der Waals surface area contributed by atoms with Gasteiger partial charge in [0.15, 0.2) is 5.15 Å². The number of hydrogen-bond acceptors (Lipinski definition) is 3. The minimum atomic E-state index is 0.139. The molecule has 1 amide bonds. The van der Waals surface area contributed by atoms with E-state index in [1.807, 2.05) is 15.5 Å². The molecule has 1 aliphatic rings. The Hall–Kier alpha value is -1.62. The molecule has 3 rings (SSSR count). The van der Waals surface area contributed by atoms with Gasteiger partial charge in [-0.3, -0.25) is 4.79 Å². The zero-order chi connectivity index (χ0) is 12.5. The van der Waals surface area contributed by atoms with Crippen molar-refractivity contribution in [2.45, 2.75) is 19.4 Å². The Morgan fingerprint density at radius 1 is 1.33 bits per heavy atom. The lowest BCUT2D eigenvalue weighted by Crippen LogP contribution is -2.30. The summed E-state index contributed by atoms with van der Waals surface area (Å²) in [4.78, 5) is 22.1. The van der Waals surface area contributed by atoms with Crippen LogP contribution in [0.4, 0.5) is 0 Å². The quantitative estimate of drug-likeness (QED) is 0.776. The molecule has 2 aromatic rings. The molecule has 0 spiro atoms. The molecular weight excluding hydrogens is 252 g/mol. The maximum absolute atomic E-state index is 12.1. The summed E-state index contributed by atoms with van der Waals surface area (Å²) in [6.07, 6.45) is 5.48. The Labute approximate surface area is 109 Å². The summed E-state index contributed by atoms with van der Waals surface area (Å²) < 4.78 is 1.82. The molecule has 0 radical (unpaired) electrons. The van der Waals surface area contributed by atoms with Crippen molar-refractivity contribution in [1.82, 2.24) is 19.4 Å². The fraction of sp³-hybridized carbons (Fsp3) is 0.417. The second-order valence-corrected chi connectivity index (χ2v) is 4.79. The van der Waals surface area contributed by atoms with Crippen LogP contribution in [0.2, 0.25) is 5.15 Å². The number of fused-ring (bicyclic) bond motifs is 1. The summed E-state index contributed by atoms with van der Waals surface area (Å²) in [7, 11) is 0. The zero-order valence-corrected chi connectivity index (χ0v) is 10.6. The van der Waals surface area contributed by atoms with Gasteiger partial charge in [-0.15, -0.1) is 0 Å². The predicted molar refractivity (Wildman–Crippen MR) is 68.4 cm³/mol. The molecule has 2 aromatic heterocycles. The molecule has 0 aromatic carbocycles. The zero-order valence-electron chi connectivity index (χ0n) is 9.84. The molecule has 0 unspecified atom stereocenters. The summed E-state index contributed by atoms with van der Waals surface area (Å²) in [5.74, 6) is 0.139. The normalized spacial score (nSPS) is 15.5. The first-order valence-corrected chi connectivity index (χ1v) is 6.36. The van der Waals surface area contributed by atoms with E-state index in [2.05, 4.69) is 9.97 Å². The van der Waals surface area contributed by atoms with Crippen LogP contribution in [0.25, 0.3) is 11.0 Å². The van der Waals surface area contributed by atoms with Crippen molar-refractivity contribution in [3.05, 3.63) is 23.7 Å². The number of pyridine rings is 1. The van der Waals surface area contributed by atoms with Gasteiger partial charge < -0.3 is 9.47 Å². The first-order chi connectivity index (χ1) is 8.75. The van der Waals surface area contributed by atoms with E-state index in [1.165, 1.54) is 0 Å². The van der Waals surface area contributed by atoms with E-state index in [0.717, 1.165) is 31.4 Å². The molecule has 0 aliphatic carbocycles. The number of likely N-dealkylation sites (tertiary alicyclic amines) is 1. The summed E-state index contributed by atoms with van der Waals surface area (Å²) in [6.45, 7) is 2.05. The maximum Gasteiger partial charge on any atom is 0.242 e. The number of nitrogens with zero attached hydrogens (tertiary/aromatic N) is 4. The van der Waals surface area contributed by atoms with Crippen LogP contribution in [-0.2, 0) is 11.3 Å². The molecule has 5 nitrogen and oxygen atoms in total. The average molecular weight is 265 g/mol. The first kappa shape index (κ1) is 11.5. The van der Waals surface area contributed by atoms with Crippen LogP contribution >= 0.6 is 11.6 Å². The number of aromatic nitrogens is 3. The smallest absolute Gasteiger partial charge is 0.242 e. The molecule has 0 saturated carbocycles. The molecule has 0 atom stereocenters. The number of rotatable bonds is 2. The van der Waals surface area contributed by atoms with E-state index < -0.39 is 0 Å². The Bertz CT molecular complexity index is 589. The third-order valence-corrected chi connectivity index (χ3v) is 3.53. The maximum atomic E-state index is 12.1. The number of hydrogen-bond donors (Lipinski definition) is 0. The lowest BCUT2D eigenvalue weighted by molar-refractivity contribution is -0.130. The van der Waals surface area contributed by atoms with Crippen molar-refractivity contribution in [3.63, 3.8) is 0 Å². The Morgan fingerprint density at radius 2 is 2.11 bits per heavy atom. The molecule has 1 aliphatic heterocycles. The highest BCUT2D eigenvalue weighted by Gasteiger charge is 2.19. The van der Waals surface area contributed by atoms with Crippen LogP contribution in [0.3, 0.4) is 0 Å². The average Bonchev–Trinajstić information content (AvgIpc) is 2.99. The van der Waals surface area contributed by atoms with Gasteiger partial charge in [0, 0.05) is 19.3 Å². The lowest BCUT2D eigenvalue weighted by Gasteiger charge is -2.15. The van der Waals surface area contributed by atoms with Crippen molar-refractivity contribution in [3.8, 4) is 0 Å². The molecule has 0 bridgehead atoms. The second-order valence-electron chi connectivity index (χ2n) is 4.43. The van der Waals surface area contributed by atoms with Crippen LogP contribution in [0.15, 0.2) is 18.6 Å². The van der Waals surface area contributed by atoms with Gasteiger partial charge in [0.25, 0.3) is 0 Å². The van der Waals surface area contributed by atoms with E-state index in [0.29, 0.717) is 17.2 Å². The van der Waals surface area contributed by atoms with E-state index in [4.69, 9.17) is 11.6 Å². The van der Waals surface area contributed by atoms with Crippen LogP contribution < -0.4 is 0 Å². The van der Waals surface area contributed by atoms with E-state index in [-0.39, 0.29) is 5.91 Å². The van der Waals surface area contributed by atoms with Crippen LogP contribution in [0, 0.1) is 0 Å². The molecular formula is C12H13ClN4O. The number of imidazole rings is 1. The van der Waals surface area contributed by atoms with Gasteiger partial charge in [0.1, 0.15) is 12.1 Å². The summed E-state index contributed by atoms with van der Waals surface area (Å²) >= 11 is 5.95. The molecule has 1 fully saturated rings. The fourth-order valence-corrected chi connectivity index (χ4v) is 2.50. The minimum Gasteiger partial charge on any atom is -0.341 e. The first-order valence-electron chi connectivity index (χ1n) is 5.99. The molecule has 1 saturated heterocycles. The van der Waals surface area contributed by atoms with Crippen molar-refractivity contribution < 1.29 is 4.79 Å². The highest BCUT2D eigenvalue weighted by atomic mass is 35.5. The van der Waals surface area contributed by atoms with Crippen molar-refractivity contribution in [2.24, 2.45) is 0 Å². The van der Waals surface area contributed by atoms with Crippen molar-refractivity contribution in [2.75, 3.05) is 13.1 Å². The largest absolute Gasteiger partial charge is 0.341 e. The third kappa shape index (κ3) is 1.95. The predicted octanol–water partition coefficient (Wildman–Crippen LogP) is 1.71. The van der Waals surface area contributed by atoms with Gasteiger partial charge in [-0.05, 0) is 18.9 Å². The molecule has 0 N–H and O–H groups in total. The Kier molecular flexibility index (Phi) is 2.91. The minimum absolute atomic E-state index is 0.139. The van der Waals surface area contributed by atoms with E-state index >= 15 is 0 Å². The van der Waals surface area contributed by atoms with Crippen LogP contribution in [0.1, 0.15) is 12.8 Å². The van der Waals surface area contributed by atoms with E-state index in [9.17, 15) is 4.79 Å². The van der Waals surface area contributed by atoms with E-state index in [1.54, 1.807) is 12.5 Å². The topological polar surface area (TPSA) is 51.0 Å². The highest BCUT2D eigenvalue weighted by Crippen LogP contribution is 2.19. The third-order valence-electron chi connectivity index (χ3n) is 3.26. The molecule has 6 heteroatoms. The molecule has 18 heavy (non-hydrogen) atoms. The highest BCUT2D eigenvalue weighted by molar-refractivity contribution is 6.33. The SMILES string of the molecule is O=C(Cn1cnc2c(Cl)nccc21)N1CCCC1. The fourth-order valence-electron chi connectivity index (χ4n) is 2.30. The van der Waals surface area contributed by atoms with Gasteiger partial charge in [0.2, 0.25) is 5.91 Å². The standard InChI is InChI=1S/C12H13ClN4O/c13-12-11-9(3-4-14-12)17(8-15-11)7-10(18)16-5-1-2-6-16/h3-4,8H,1-2,5-7H2. The molecule has 3 heterocycles. The van der Waals surface area contributed by atoms with Gasteiger partial charge in [-0.2, -0.15) is 0 Å². The number of halogens is 1. The van der Waals surface area contributed by atoms with Gasteiger partial charge in [0.05, 0.1) is 11.8 Å². The summed E-state index contributed by atoms with van der Waals surface area (Å²) in [6, 6.07) is 1.82. The monoisotopic (exact) mass is 264 g/mol. The summed E-state index contributed by atoms with van der Waals surface area (Å²) in [5, 5.41) is 0.375. The lowest BCUT2D eigenvalue weighted by atomic mass is 10.4.